The minimum Gasteiger partial charge on any atom is -0.489 e. The summed E-state index contributed by atoms with van der Waals surface area (Å²) in [6, 6.07) is 12.1. The molecule has 1 saturated heterocycles. The quantitative estimate of drug-likeness (QED) is 0.345. The number of rotatable bonds is 9. The third kappa shape index (κ3) is 4.05. The molecule has 2 aromatic rings. The van der Waals surface area contributed by atoms with E-state index >= 15 is 0 Å². The van der Waals surface area contributed by atoms with Gasteiger partial charge in [-0.2, -0.15) is 0 Å². The Morgan fingerprint density at radius 1 is 1.21 bits per heavy atom. The van der Waals surface area contributed by atoms with Crippen LogP contribution in [0.1, 0.15) is 19.4 Å². The van der Waals surface area contributed by atoms with Crippen LogP contribution in [-0.2, 0) is 16.1 Å². The molecule has 3 N–H and O–H groups in total. The molecule has 0 aliphatic carbocycles. The van der Waals surface area contributed by atoms with E-state index in [1.807, 2.05) is 31.2 Å². The number of hydrogen-bond acceptors (Lipinski definition) is 5. The Hall–Kier alpha value is -2.74. The van der Waals surface area contributed by atoms with Crippen LogP contribution in [0.4, 0.5) is 0 Å². The number of quaternary nitrogens is 1. The van der Waals surface area contributed by atoms with Gasteiger partial charge in [0, 0.05) is 23.4 Å². The molecule has 2 aromatic carbocycles. The monoisotopic (exact) mass is 452 g/mol. The number of amides is 1. The van der Waals surface area contributed by atoms with Gasteiger partial charge in [-0.25, -0.2) is 0 Å². The van der Waals surface area contributed by atoms with E-state index in [4.69, 9.17) is 10.5 Å². The average Bonchev–Trinajstić information content (AvgIpc) is 2.99. The molecule has 4 atom stereocenters. The molecule has 33 heavy (non-hydrogen) atoms. The van der Waals surface area contributed by atoms with Crippen LogP contribution in [0.25, 0.3) is 10.8 Å². The summed E-state index contributed by atoms with van der Waals surface area (Å²) >= 11 is 0. The molecule has 1 unspecified atom stereocenters. The summed E-state index contributed by atoms with van der Waals surface area (Å²) in [4.78, 5) is 25.9. The Morgan fingerprint density at radius 2 is 1.91 bits per heavy atom. The first-order chi connectivity index (χ1) is 15.7. The van der Waals surface area contributed by atoms with Gasteiger partial charge < -0.3 is 25.0 Å². The summed E-state index contributed by atoms with van der Waals surface area (Å²) in [5.74, 6) is 0.0352. The average molecular weight is 453 g/mol. The number of ether oxygens (including phenoxy) is 1. The fourth-order valence-corrected chi connectivity index (χ4v) is 5.42. The number of benzene rings is 2. The summed E-state index contributed by atoms with van der Waals surface area (Å²) in [5.41, 5.74) is 8.21. The lowest BCUT2D eigenvalue weighted by Crippen LogP contribution is -2.63. The molecular weight excluding hydrogens is 418 g/mol. The molecule has 2 aliphatic heterocycles. The second-order valence-electron chi connectivity index (χ2n) is 9.95. The SMILES string of the molecule is C[C@H]1C(COc2cccc3c(C[N+](C)(C)CCN)cccc23)=C(C=O)N2C(=O)[C@H]([C@@H](C)O)C12. The van der Waals surface area contributed by atoms with Crippen LogP contribution >= 0.6 is 0 Å². The van der Waals surface area contributed by atoms with Crippen LogP contribution in [0, 0.1) is 11.8 Å². The molecule has 2 heterocycles. The molecule has 7 nitrogen and oxygen atoms in total. The summed E-state index contributed by atoms with van der Waals surface area (Å²) in [5, 5.41) is 12.2. The normalized spacial score (nSPS) is 23.5. The van der Waals surface area contributed by atoms with Gasteiger partial charge in [0.05, 0.1) is 44.4 Å². The Labute approximate surface area is 195 Å². The Balaban J connectivity index is 1.60. The maximum Gasteiger partial charge on any atom is 0.235 e. The lowest BCUT2D eigenvalue weighted by molar-refractivity contribution is -0.902. The fourth-order valence-electron chi connectivity index (χ4n) is 5.42. The highest BCUT2D eigenvalue weighted by Gasteiger charge is 2.58. The summed E-state index contributed by atoms with van der Waals surface area (Å²) in [7, 11) is 4.35. The number of aliphatic hydroxyl groups is 1. The van der Waals surface area contributed by atoms with Gasteiger partial charge >= 0.3 is 0 Å². The summed E-state index contributed by atoms with van der Waals surface area (Å²) < 4.78 is 7.05. The van der Waals surface area contributed by atoms with Crippen molar-refractivity contribution in [2.75, 3.05) is 33.8 Å². The molecule has 4 rings (SSSR count). The van der Waals surface area contributed by atoms with Gasteiger partial charge in [0.2, 0.25) is 5.91 Å². The van der Waals surface area contributed by atoms with Gasteiger partial charge in [-0.05, 0) is 23.9 Å². The standard InChI is InChI=1S/C26H34N3O4/c1-16-21(22(14-30)28-25(16)24(17(2)31)26(28)32)15-33-23-10-6-8-19-18(7-5-9-20(19)23)13-29(3,4)12-11-27/h5-10,14,16-17,24-25,31H,11-13,15,27H2,1-4H3/q+1/t16-,17+,24+,25?/m0/s1. The first-order valence-electron chi connectivity index (χ1n) is 11.5. The number of nitrogens with zero attached hydrogens (tertiary/aromatic N) is 2. The number of hydrogen-bond donors (Lipinski definition) is 2. The number of carbonyl (C=O) groups excluding carboxylic acids is 2. The number of nitrogens with two attached hydrogens (primary N) is 1. The lowest BCUT2D eigenvalue weighted by atomic mass is 9.78. The van der Waals surface area contributed by atoms with Crippen LogP contribution in [0.2, 0.25) is 0 Å². The van der Waals surface area contributed by atoms with Crippen molar-refractivity contribution in [1.29, 1.82) is 0 Å². The van der Waals surface area contributed by atoms with Crippen molar-refractivity contribution in [3.05, 3.63) is 53.2 Å². The van der Waals surface area contributed by atoms with E-state index in [9.17, 15) is 14.7 Å². The third-order valence-corrected chi connectivity index (χ3v) is 7.16. The predicted molar refractivity (Wildman–Crippen MR) is 127 cm³/mol. The first kappa shape index (κ1) is 23.4. The molecule has 1 fully saturated rings. The Kier molecular flexibility index (Phi) is 6.31. The van der Waals surface area contributed by atoms with Crippen LogP contribution in [0.3, 0.4) is 0 Å². The van der Waals surface area contributed by atoms with Crippen molar-refractivity contribution >= 4 is 23.0 Å². The number of aliphatic hydroxyl groups excluding tert-OH is 1. The maximum absolute atomic E-state index is 12.5. The van der Waals surface area contributed by atoms with Crippen LogP contribution in [0.5, 0.6) is 5.75 Å². The van der Waals surface area contributed by atoms with E-state index in [1.54, 1.807) is 6.92 Å². The predicted octanol–water partition coefficient (Wildman–Crippen LogP) is 2.06. The fraction of sp³-hybridized carbons (Fsp3) is 0.462. The van der Waals surface area contributed by atoms with E-state index in [2.05, 4.69) is 26.2 Å². The minimum absolute atomic E-state index is 0.0533. The highest BCUT2D eigenvalue weighted by Crippen LogP contribution is 2.46. The zero-order valence-electron chi connectivity index (χ0n) is 19.8. The molecule has 0 spiro atoms. The van der Waals surface area contributed by atoms with Gasteiger partial charge in [-0.1, -0.05) is 37.3 Å². The van der Waals surface area contributed by atoms with Gasteiger partial charge in [0.15, 0.2) is 6.29 Å². The van der Waals surface area contributed by atoms with Crippen molar-refractivity contribution in [1.82, 2.24) is 4.90 Å². The van der Waals surface area contributed by atoms with E-state index < -0.39 is 12.0 Å². The maximum atomic E-state index is 12.5. The molecule has 1 amide bonds. The molecule has 0 radical (unpaired) electrons. The van der Waals surface area contributed by atoms with Gasteiger partial charge in [0.1, 0.15) is 18.9 Å². The molecule has 0 bridgehead atoms. The number of allylic oxidation sites excluding steroid dienone is 1. The number of carbonyl (C=O) groups is 2. The first-order valence-corrected chi connectivity index (χ1v) is 11.5. The number of likely N-dealkylation sites (N-methyl/N-ethyl adjacent to an activating group) is 1. The minimum atomic E-state index is -0.743. The molecule has 2 aliphatic rings. The van der Waals surface area contributed by atoms with Crippen molar-refractivity contribution < 1.29 is 23.9 Å². The van der Waals surface area contributed by atoms with E-state index in [-0.39, 0.29) is 24.5 Å². The number of fused-ring (bicyclic) bond motifs is 2. The Morgan fingerprint density at radius 3 is 2.58 bits per heavy atom. The summed E-state index contributed by atoms with van der Waals surface area (Å²) in [6.45, 7) is 6.22. The molecule has 176 valence electrons. The van der Waals surface area contributed by atoms with Crippen molar-refractivity contribution in [2.24, 2.45) is 17.6 Å². The van der Waals surface area contributed by atoms with Crippen LogP contribution in [0.15, 0.2) is 47.7 Å². The molecular formula is C26H34N3O4+. The van der Waals surface area contributed by atoms with Crippen molar-refractivity contribution in [2.45, 2.75) is 32.5 Å². The van der Waals surface area contributed by atoms with Gasteiger partial charge in [-0.15, -0.1) is 0 Å². The third-order valence-electron chi connectivity index (χ3n) is 7.16. The van der Waals surface area contributed by atoms with Crippen LogP contribution < -0.4 is 10.5 Å². The van der Waals surface area contributed by atoms with Crippen LogP contribution in [-0.4, -0.2) is 72.6 Å². The zero-order chi connectivity index (χ0) is 23.9. The second-order valence-corrected chi connectivity index (χ2v) is 9.95. The zero-order valence-corrected chi connectivity index (χ0v) is 19.8. The highest BCUT2D eigenvalue weighted by atomic mass is 16.5. The van der Waals surface area contributed by atoms with E-state index in [1.165, 1.54) is 10.5 Å². The lowest BCUT2D eigenvalue weighted by Gasteiger charge is -2.46. The van der Waals surface area contributed by atoms with Gasteiger partial charge in [0.25, 0.3) is 0 Å². The summed E-state index contributed by atoms with van der Waals surface area (Å²) in [6.07, 6.45) is -0.00271. The van der Waals surface area contributed by atoms with Crippen molar-refractivity contribution in [3.8, 4) is 5.75 Å². The number of β-lactam (4-membered cyclic amide) rings is 1. The van der Waals surface area contributed by atoms with E-state index in [0.717, 1.165) is 46.0 Å². The number of aldehydes is 1. The smallest absolute Gasteiger partial charge is 0.235 e. The highest BCUT2D eigenvalue weighted by molar-refractivity contribution is 5.96. The Bertz CT molecular complexity index is 1110. The van der Waals surface area contributed by atoms with Gasteiger partial charge in [-0.3, -0.25) is 9.59 Å². The van der Waals surface area contributed by atoms with E-state index in [0.29, 0.717) is 12.2 Å². The van der Waals surface area contributed by atoms with Crippen molar-refractivity contribution in [3.63, 3.8) is 0 Å². The second kappa shape index (κ2) is 8.89. The molecule has 7 heteroatoms. The topological polar surface area (TPSA) is 92.9 Å². The largest absolute Gasteiger partial charge is 0.489 e. The molecule has 0 saturated carbocycles. The molecule has 0 aromatic heterocycles.